The summed E-state index contributed by atoms with van der Waals surface area (Å²) in [5.74, 6) is 0.458. The maximum absolute atomic E-state index is 11.6. The van der Waals surface area contributed by atoms with Crippen LogP contribution in [-0.2, 0) is 9.53 Å². The van der Waals surface area contributed by atoms with Gasteiger partial charge >= 0.3 is 5.97 Å². The average Bonchev–Trinajstić information content (AvgIpc) is 2.20. The zero-order valence-electron chi connectivity index (χ0n) is 10.0. The van der Waals surface area contributed by atoms with Crippen LogP contribution in [0.25, 0.3) is 0 Å². The summed E-state index contributed by atoms with van der Waals surface area (Å²) in [5.41, 5.74) is 5.66. The summed E-state index contributed by atoms with van der Waals surface area (Å²) in [6.07, 6.45) is 4.50. The summed E-state index contributed by atoms with van der Waals surface area (Å²) >= 11 is 0. The summed E-state index contributed by atoms with van der Waals surface area (Å²) in [5, 5.41) is 0. The van der Waals surface area contributed by atoms with E-state index in [2.05, 4.69) is 6.92 Å². The van der Waals surface area contributed by atoms with Crippen molar-refractivity contribution in [2.75, 3.05) is 0 Å². The van der Waals surface area contributed by atoms with E-state index in [1.165, 1.54) is 12.8 Å². The fourth-order valence-electron chi connectivity index (χ4n) is 1.83. The average molecular weight is 213 g/mol. The van der Waals surface area contributed by atoms with Crippen LogP contribution in [0.2, 0.25) is 0 Å². The smallest absolute Gasteiger partial charge is 0.310 e. The van der Waals surface area contributed by atoms with Gasteiger partial charge in [0.2, 0.25) is 0 Å². The molecular weight excluding hydrogens is 190 g/mol. The van der Waals surface area contributed by atoms with Gasteiger partial charge in [0, 0.05) is 6.04 Å². The highest BCUT2D eigenvalue weighted by Crippen LogP contribution is 2.26. The van der Waals surface area contributed by atoms with E-state index in [9.17, 15) is 4.79 Å². The number of rotatable bonds is 3. The molecule has 88 valence electrons. The minimum Gasteiger partial charge on any atom is -0.462 e. The second-order valence-corrected chi connectivity index (χ2v) is 4.97. The lowest BCUT2D eigenvalue weighted by Crippen LogP contribution is -2.34. The van der Waals surface area contributed by atoms with Crippen LogP contribution in [0.4, 0.5) is 0 Å². The second kappa shape index (κ2) is 5.50. The Bertz CT molecular complexity index is 208. The molecule has 2 atom stereocenters. The highest BCUT2D eigenvalue weighted by atomic mass is 16.5. The molecule has 1 aliphatic rings. The first-order valence-electron chi connectivity index (χ1n) is 5.96. The quantitative estimate of drug-likeness (QED) is 0.730. The van der Waals surface area contributed by atoms with Crippen molar-refractivity contribution in [3.63, 3.8) is 0 Å². The Balaban J connectivity index is 2.32. The van der Waals surface area contributed by atoms with Crippen LogP contribution in [0.3, 0.4) is 0 Å². The largest absolute Gasteiger partial charge is 0.462 e. The van der Waals surface area contributed by atoms with Crippen LogP contribution in [0.15, 0.2) is 0 Å². The number of esters is 1. The van der Waals surface area contributed by atoms with Gasteiger partial charge in [-0.1, -0.05) is 13.8 Å². The maximum atomic E-state index is 11.6. The van der Waals surface area contributed by atoms with Gasteiger partial charge in [-0.3, -0.25) is 4.79 Å². The molecule has 1 rings (SSSR count). The number of carbonyl (C=O) groups excluding carboxylic acids is 1. The Hall–Kier alpha value is -0.570. The molecule has 0 bridgehead atoms. The van der Waals surface area contributed by atoms with E-state index in [1.807, 2.05) is 13.8 Å². The van der Waals surface area contributed by atoms with Crippen molar-refractivity contribution < 1.29 is 9.53 Å². The summed E-state index contributed by atoms with van der Waals surface area (Å²) in [7, 11) is 0. The van der Waals surface area contributed by atoms with Crippen LogP contribution in [0.1, 0.15) is 46.5 Å². The third kappa shape index (κ3) is 3.82. The maximum Gasteiger partial charge on any atom is 0.310 e. The topological polar surface area (TPSA) is 52.3 Å². The van der Waals surface area contributed by atoms with Crippen molar-refractivity contribution in [2.45, 2.75) is 58.6 Å². The lowest BCUT2D eigenvalue weighted by Gasteiger charge is -2.27. The molecule has 0 aliphatic heterocycles. The minimum absolute atomic E-state index is 0.125. The first-order valence-corrected chi connectivity index (χ1v) is 5.96. The van der Waals surface area contributed by atoms with Crippen LogP contribution < -0.4 is 5.73 Å². The molecule has 2 unspecified atom stereocenters. The van der Waals surface area contributed by atoms with Crippen LogP contribution in [0.5, 0.6) is 0 Å². The standard InChI is InChI=1S/C12H23NO2/c1-8-4-6-11(7-5-8)15-12(14)9(2)10(3)13/h8-11H,4-7,13H2,1-3H3. The molecule has 0 saturated heterocycles. The molecule has 0 aromatic heterocycles. The molecule has 0 spiro atoms. The number of ether oxygens (including phenoxy) is 1. The Kier molecular flexibility index (Phi) is 4.58. The monoisotopic (exact) mass is 213 g/mol. The molecular formula is C12H23NO2. The molecule has 3 nitrogen and oxygen atoms in total. The predicted molar refractivity (Wildman–Crippen MR) is 60.3 cm³/mol. The third-order valence-electron chi connectivity index (χ3n) is 3.41. The summed E-state index contributed by atoms with van der Waals surface area (Å²) < 4.78 is 5.44. The SMILES string of the molecule is CC1CCC(OC(=O)C(C)C(C)N)CC1. The first kappa shape index (κ1) is 12.5. The fourth-order valence-corrected chi connectivity index (χ4v) is 1.83. The summed E-state index contributed by atoms with van der Waals surface area (Å²) in [6.45, 7) is 5.93. The lowest BCUT2D eigenvalue weighted by atomic mass is 9.89. The van der Waals surface area contributed by atoms with Crippen molar-refractivity contribution in [1.82, 2.24) is 0 Å². The Labute approximate surface area is 92.4 Å². The third-order valence-corrected chi connectivity index (χ3v) is 3.41. The first-order chi connectivity index (χ1) is 7.00. The van der Waals surface area contributed by atoms with Gasteiger partial charge in [0.15, 0.2) is 0 Å². The van der Waals surface area contributed by atoms with Crippen molar-refractivity contribution >= 4 is 5.97 Å². The van der Waals surface area contributed by atoms with Gasteiger partial charge in [0.25, 0.3) is 0 Å². The molecule has 0 aromatic carbocycles. The van der Waals surface area contributed by atoms with Gasteiger partial charge in [0.1, 0.15) is 6.10 Å². The van der Waals surface area contributed by atoms with Crippen molar-refractivity contribution in [1.29, 1.82) is 0 Å². The van der Waals surface area contributed by atoms with Gasteiger partial charge in [-0.05, 0) is 38.5 Å². The number of hydrogen-bond donors (Lipinski definition) is 1. The van der Waals surface area contributed by atoms with Crippen LogP contribution in [0, 0.1) is 11.8 Å². The molecule has 1 aliphatic carbocycles. The van der Waals surface area contributed by atoms with E-state index in [-0.39, 0.29) is 24.0 Å². The number of carbonyl (C=O) groups is 1. The van der Waals surface area contributed by atoms with E-state index in [1.54, 1.807) is 0 Å². The van der Waals surface area contributed by atoms with Gasteiger partial charge in [0.05, 0.1) is 5.92 Å². The minimum atomic E-state index is -0.190. The Morgan fingerprint density at radius 1 is 1.27 bits per heavy atom. The van der Waals surface area contributed by atoms with E-state index in [4.69, 9.17) is 10.5 Å². The zero-order valence-corrected chi connectivity index (χ0v) is 10.0. The Morgan fingerprint density at radius 3 is 2.27 bits per heavy atom. The molecule has 15 heavy (non-hydrogen) atoms. The molecule has 1 saturated carbocycles. The summed E-state index contributed by atoms with van der Waals surface area (Å²) in [6, 6.07) is -0.125. The second-order valence-electron chi connectivity index (χ2n) is 4.97. The van der Waals surface area contributed by atoms with Gasteiger partial charge in [-0.2, -0.15) is 0 Å². The fraction of sp³-hybridized carbons (Fsp3) is 0.917. The van der Waals surface area contributed by atoms with Crippen molar-refractivity contribution in [2.24, 2.45) is 17.6 Å². The molecule has 3 heteroatoms. The Morgan fingerprint density at radius 2 is 1.80 bits per heavy atom. The highest BCUT2D eigenvalue weighted by molar-refractivity contribution is 5.72. The molecule has 0 amide bonds. The van der Waals surface area contributed by atoms with E-state index in [0.29, 0.717) is 0 Å². The lowest BCUT2D eigenvalue weighted by molar-refractivity contribution is -0.155. The highest BCUT2D eigenvalue weighted by Gasteiger charge is 2.25. The van der Waals surface area contributed by atoms with E-state index in [0.717, 1.165) is 18.8 Å². The van der Waals surface area contributed by atoms with Gasteiger partial charge < -0.3 is 10.5 Å². The van der Waals surface area contributed by atoms with Crippen LogP contribution >= 0.6 is 0 Å². The van der Waals surface area contributed by atoms with Crippen molar-refractivity contribution in [3.05, 3.63) is 0 Å². The van der Waals surface area contributed by atoms with Gasteiger partial charge in [-0.25, -0.2) is 0 Å². The number of nitrogens with two attached hydrogens (primary N) is 1. The molecule has 2 N–H and O–H groups in total. The van der Waals surface area contributed by atoms with E-state index >= 15 is 0 Å². The van der Waals surface area contributed by atoms with Crippen molar-refractivity contribution in [3.8, 4) is 0 Å². The summed E-state index contributed by atoms with van der Waals surface area (Å²) in [4.78, 5) is 11.6. The molecule has 0 heterocycles. The molecule has 1 fully saturated rings. The van der Waals surface area contributed by atoms with Gasteiger partial charge in [-0.15, -0.1) is 0 Å². The predicted octanol–water partition coefficient (Wildman–Crippen LogP) is 2.09. The van der Waals surface area contributed by atoms with Crippen LogP contribution in [-0.4, -0.2) is 18.1 Å². The van der Waals surface area contributed by atoms with E-state index < -0.39 is 0 Å². The normalized spacial score (nSPS) is 30.7. The number of hydrogen-bond acceptors (Lipinski definition) is 3. The molecule has 0 radical (unpaired) electrons. The molecule has 0 aromatic rings. The zero-order chi connectivity index (χ0) is 11.4.